The van der Waals surface area contributed by atoms with Crippen LogP contribution in [0.4, 0.5) is 0 Å². The number of carbonyl (C=O) groups is 2. The maximum atomic E-state index is 11.9. The quantitative estimate of drug-likeness (QED) is 0.452. The van der Waals surface area contributed by atoms with Gasteiger partial charge in [0.25, 0.3) is 11.8 Å². The highest BCUT2D eigenvalue weighted by Gasteiger charge is 2.40. The van der Waals surface area contributed by atoms with E-state index in [4.69, 9.17) is 39.6 Å². The lowest BCUT2D eigenvalue weighted by Crippen LogP contribution is -2.35. The number of amides is 2. The van der Waals surface area contributed by atoms with Gasteiger partial charge in [0.15, 0.2) is 4.84 Å². The normalized spacial score (nSPS) is 15.1. The number of rotatable bonds is 7. The Bertz CT molecular complexity index is 698. The lowest BCUT2D eigenvalue weighted by molar-refractivity contribution is -0.165. The molecule has 1 heterocycles. The van der Waals surface area contributed by atoms with Crippen molar-refractivity contribution < 1.29 is 14.4 Å². The van der Waals surface area contributed by atoms with Crippen LogP contribution in [-0.2, 0) is 21.0 Å². The largest absolute Gasteiger partial charge is 0.333 e. The summed E-state index contributed by atoms with van der Waals surface area (Å²) in [6.07, 6.45) is 3.22. The minimum absolute atomic E-state index is 0.00687. The van der Waals surface area contributed by atoms with Crippen molar-refractivity contribution in [3.05, 3.63) is 60.2 Å². The van der Waals surface area contributed by atoms with Gasteiger partial charge < -0.3 is 4.90 Å². The second kappa shape index (κ2) is 11.5. The van der Waals surface area contributed by atoms with Crippen molar-refractivity contribution in [2.75, 3.05) is 19.7 Å². The van der Waals surface area contributed by atoms with Crippen molar-refractivity contribution >= 4 is 46.6 Å². The Balaban J connectivity index is 0.000000295. The number of alkyl halides is 2. The predicted molar refractivity (Wildman–Crippen MR) is 114 cm³/mol. The van der Waals surface area contributed by atoms with E-state index in [2.05, 4.69) is 13.2 Å². The maximum absolute atomic E-state index is 11.9. The Morgan fingerprint density at radius 3 is 2.29 bits per heavy atom. The minimum Gasteiger partial charge on any atom is -0.333 e. The number of halogens is 3. The first kappa shape index (κ1) is 24.5. The van der Waals surface area contributed by atoms with Crippen LogP contribution >= 0.6 is 34.8 Å². The number of hydrogen-bond donors (Lipinski definition) is 0. The number of hydroxylamine groups is 2. The molecule has 1 fully saturated rings. The van der Waals surface area contributed by atoms with Crippen LogP contribution in [0.3, 0.4) is 0 Å². The van der Waals surface area contributed by atoms with Gasteiger partial charge >= 0.3 is 0 Å². The second-order valence-electron chi connectivity index (χ2n) is 6.71. The van der Waals surface area contributed by atoms with Gasteiger partial charge in [-0.2, -0.15) is 0 Å². The highest BCUT2D eigenvalue weighted by atomic mass is 35.5. The molecule has 28 heavy (non-hydrogen) atoms. The van der Waals surface area contributed by atoms with Crippen LogP contribution in [0.5, 0.6) is 0 Å². The molecule has 0 atom stereocenters. The van der Waals surface area contributed by atoms with Crippen molar-refractivity contribution in [3.63, 3.8) is 0 Å². The van der Waals surface area contributed by atoms with Crippen molar-refractivity contribution in [3.8, 4) is 0 Å². The molecule has 154 valence electrons. The van der Waals surface area contributed by atoms with E-state index >= 15 is 0 Å². The maximum Gasteiger partial charge on any atom is 0.256 e. The van der Waals surface area contributed by atoms with E-state index in [0.29, 0.717) is 31.3 Å². The van der Waals surface area contributed by atoms with Crippen LogP contribution in [0.25, 0.3) is 0 Å². The molecule has 2 rings (SSSR count). The first-order chi connectivity index (χ1) is 13.1. The molecule has 0 spiro atoms. The van der Waals surface area contributed by atoms with Crippen molar-refractivity contribution in [2.45, 2.75) is 25.2 Å². The van der Waals surface area contributed by atoms with Crippen LogP contribution < -0.4 is 0 Å². The van der Waals surface area contributed by atoms with E-state index in [1.807, 2.05) is 38.1 Å². The third-order valence-electron chi connectivity index (χ3n) is 3.86. The summed E-state index contributed by atoms with van der Waals surface area (Å²) < 4.78 is 0. The van der Waals surface area contributed by atoms with Gasteiger partial charge in [0, 0.05) is 18.1 Å². The highest BCUT2D eigenvalue weighted by Crippen LogP contribution is 2.29. The summed E-state index contributed by atoms with van der Waals surface area (Å²) in [5.74, 6) is -0.314. The molecular formula is C20H25Cl3N2O3. The van der Waals surface area contributed by atoms with Crippen LogP contribution in [0.1, 0.15) is 19.4 Å². The lowest BCUT2D eigenvalue weighted by atomic mass is 9.95. The summed E-state index contributed by atoms with van der Waals surface area (Å²) >= 11 is 16.8. The molecule has 0 aromatic heterocycles. The molecule has 1 aromatic carbocycles. The molecule has 1 aliphatic rings. The van der Waals surface area contributed by atoms with Gasteiger partial charge in [-0.1, -0.05) is 65.2 Å². The Hall–Kier alpha value is -1.53. The SMILES string of the molecule is C=CCN(CC=C)C(=O)C(Cl)Cl.CC1(C)CON(Cc2ccccc2Cl)C1=O. The van der Waals surface area contributed by atoms with Crippen LogP contribution in [0, 0.1) is 5.41 Å². The molecule has 2 amide bonds. The van der Waals surface area contributed by atoms with Gasteiger partial charge in [0.2, 0.25) is 0 Å². The van der Waals surface area contributed by atoms with Crippen molar-refractivity contribution in [2.24, 2.45) is 5.41 Å². The van der Waals surface area contributed by atoms with E-state index in [-0.39, 0.29) is 11.8 Å². The molecule has 0 N–H and O–H groups in total. The Kier molecular flexibility index (Phi) is 10.0. The fourth-order valence-corrected chi connectivity index (χ4v) is 2.77. The molecule has 1 saturated heterocycles. The fraction of sp³-hybridized carbons (Fsp3) is 0.400. The van der Waals surface area contributed by atoms with Gasteiger partial charge in [-0.15, -0.1) is 13.2 Å². The zero-order valence-electron chi connectivity index (χ0n) is 16.0. The topological polar surface area (TPSA) is 49.9 Å². The number of nitrogens with zero attached hydrogens (tertiary/aromatic N) is 2. The molecule has 0 saturated carbocycles. The summed E-state index contributed by atoms with van der Waals surface area (Å²) in [6, 6.07) is 7.46. The zero-order valence-corrected chi connectivity index (χ0v) is 18.3. The Morgan fingerprint density at radius 2 is 1.86 bits per heavy atom. The third-order valence-corrected chi connectivity index (χ3v) is 4.60. The van der Waals surface area contributed by atoms with Gasteiger partial charge in [0.1, 0.15) is 0 Å². The van der Waals surface area contributed by atoms with Crippen LogP contribution in [-0.4, -0.2) is 46.3 Å². The van der Waals surface area contributed by atoms with E-state index in [0.717, 1.165) is 5.56 Å². The van der Waals surface area contributed by atoms with Crippen molar-refractivity contribution in [1.82, 2.24) is 9.96 Å². The highest BCUT2D eigenvalue weighted by molar-refractivity contribution is 6.53. The van der Waals surface area contributed by atoms with E-state index < -0.39 is 10.3 Å². The average molecular weight is 448 g/mol. The molecule has 0 bridgehead atoms. The second-order valence-corrected chi connectivity index (χ2v) is 8.22. The molecular weight excluding hydrogens is 423 g/mol. The zero-order chi connectivity index (χ0) is 21.3. The average Bonchev–Trinajstić information content (AvgIpc) is 2.90. The fourth-order valence-electron chi connectivity index (χ4n) is 2.30. The van der Waals surface area contributed by atoms with Gasteiger partial charge in [-0.05, 0) is 25.5 Å². The predicted octanol–water partition coefficient (Wildman–Crippen LogP) is 4.63. The molecule has 0 radical (unpaired) electrons. The molecule has 1 aliphatic heterocycles. The monoisotopic (exact) mass is 446 g/mol. The lowest BCUT2D eigenvalue weighted by Gasteiger charge is -2.19. The van der Waals surface area contributed by atoms with Gasteiger partial charge in [-0.25, -0.2) is 5.06 Å². The number of benzene rings is 1. The molecule has 1 aromatic rings. The summed E-state index contributed by atoms with van der Waals surface area (Å²) in [6.45, 7) is 12.5. The standard InChI is InChI=1S/C12H14ClNO2.C8H11Cl2NO/c1-12(2)8-16-14(11(12)15)7-9-5-3-4-6-10(9)13;1-3-5-11(6-4-2)8(12)7(9)10/h3-6H,7-8H2,1-2H3;3-4,7H,1-2,5-6H2. The minimum atomic E-state index is -1.01. The third kappa shape index (κ3) is 7.13. The number of hydrogen-bond acceptors (Lipinski definition) is 3. The van der Waals surface area contributed by atoms with Gasteiger partial charge in [0.05, 0.1) is 18.6 Å². The summed E-state index contributed by atoms with van der Waals surface area (Å²) in [5, 5.41) is 2.05. The molecule has 8 heteroatoms. The summed E-state index contributed by atoms with van der Waals surface area (Å²) in [5.41, 5.74) is 0.469. The van der Waals surface area contributed by atoms with E-state index in [1.165, 1.54) is 9.96 Å². The van der Waals surface area contributed by atoms with Crippen LogP contribution in [0.2, 0.25) is 5.02 Å². The summed E-state index contributed by atoms with van der Waals surface area (Å²) in [4.78, 5) is 28.9. The van der Waals surface area contributed by atoms with Crippen molar-refractivity contribution in [1.29, 1.82) is 0 Å². The molecule has 5 nitrogen and oxygen atoms in total. The summed E-state index contributed by atoms with van der Waals surface area (Å²) in [7, 11) is 0. The molecule has 0 unspecified atom stereocenters. The smallest absolute Gasteiger partial charge is 0.256 e. The molecule has 0 aliphatic carbocycles. The van der Waals surface area contributed by atoms with E-state index in [9.17, 15) is 9.59 Å². The van der Waals surface area contributed by atoms with Gasteiger partial charge in [-0.3, -0.25) is 14.4 Å². The van der Waals surface area contributed by atoms with Crippen LogP contribution in [0.15, 0.2) is 49.6 Å². The van der Waals surface area contributed by atoms with E-state index in [1.54, 1.807) is 12.2 Å². The first-order valence-corrected chi connectivity index (χ1v) is 9.86. The Morgan fingerprint density at radius 1 is 1.29 bits per heavy atom. The first-order valence-electron chi connectivity index (χ1n) is 8.61. The number of carbonyl (C=O) groups excluding carboxylic acids is 2. The Labute approximate surface area is 181 Å².